The third-order valence-electron chi connectivity index (χ3n) is 1.46. The SMILES string of the molecule is CCN(C)C(=O)NC(C)CO. The lowest BCUT2D eigenvalue weighted by molar-refractivity contribution is 0.195. The molecule has 2 amide bonds. The molecule has 0 heterocycles. The number of amides is 2. The fraction of sp³-hybridized carbons (Fsp3) is 0.857. The van der Waals surface area contributed by atoms with E-state index in [4.69, 9.17) is 5.11 Å². The van der Waals surface area contributed by atoms with Gasteiger partial charge in [-0.1, -0.05) is 0 Å². The number of nitrogens with one attached hydrogen (secondary N) is 1. The molecule has 11 heavy (non-hydrogen) atoms. The minimum Gasteiger partial charge on any atom is -0.394 e. The molecule has 0 saturated carbocycles. The number of aliphatic hydroxyl groups is 1. The molecule has 0 saturated heterocycles. The number of hydrogen-bond donors (Lipinski definition) is 2. The van der Waals surface area contributed by atoms with E-state index in [9.17, 15) is 4.79 Å². The van der Waals surface area contributed by atoms with Crippen molar-refractivity contribution in [2.24, 2.45) is 0 Å². The third-order valence-corrected chi connectivity index (χ3v) is 1.46. The molecule has 0 aliphatic rings. The Morgan fingerprint density at radius 3 is 2.64 bits per heavy atom. The van der Waals surface area contributed by atoms with Gasteiger partial charge >= 0.3 is 6.03 Å². The zero-order valence-corrected chi connectivity index (χ0v) is 7.29. The minimum absolute atomic E-state index is 0.0245. The molecule has 0 fully saturated rings. The Morgan fingerprint density at radius 1 is 1.73 bits per heavy atom. The number of carbonyl (C=O) groups excluding carboxylic acids is 1. The van der Waals surface area contributed by atoms with Crippen LogP contribution in [0.25, 0.3) is 0 Å². The van der Waals surface area contributed by atoms with Crippen LogP contribution in [0.4, 0.5) is 4.79 Å². The van der Waals surface area contributed by atoms with Crippen molar-refractivity contribution in [3.8, 4) is 0 Å². The van der Waals surface area contributed by atoms with Crippen LogP contribution in [0.15, 0.2) is 0 Å². The predicted molar refractivity (Wildman–Crippen MR) is 43.4 cm³/mol. The molecule has 4 heteroatoms. The van der Waals surface area contributed by atoms with E-state index >= 15 is 0 Å². The van der Waals surface area contributed by atoms with Crippen molar-refractivity contribution >= 4 is 6.03 Å². The standard InChI is InChI=1S/C7H16N2O2/c1-4-9(3)7(11)8-6(2)5-10/h6,10H,4-5H2,1-3H3,(H,8,11). The number of hydrogen-bond acceptors (Lipinski definition) is 2. The van der Waals surface area contributed by atoms with Gasteiger partial charge in [0, 0.05) is 13.6 Å². The van der Waals surface area contributed by atoms with Crippen molar-refractivity contribution in [1.82, 2.24) is 10.2 Å². The zero-order valence-electron chi connectivity index (χ0n) is 7.29. The highest BCUT2D eigenvalue weighted by molar-refractivity contribution is 5.74. The summed E-state index contributed by atoms with van der Waals surface area (Å²) in [5.74, 6) is 0. The maximum atomic E-state index is 11.0. The molecule has 1 atom stereocenters. The first kappa shape index (κ1) is 10.2. The predicted octanol–water partition coefficient (Wildman–Crippen LogP) is 0.0285. The molecule has 0 spiro atoms. The normalized spacial score (nSPS) is 12.4. The summed E-state index contributed by atoms with van der Waals surface area (Å²) < 4.78 is 0. The molecular formula is C7H16N2O2. The van der Waals surface area contributed by atoms with E-state index in [1.165, 1.54) is 0 Å². The summed E-state index contributed by atoms with van der Waals surface area (Å²) in [6, 6.07) is -0.314. The summed E-state index contributed by atoms with van der Waals surface area (Å²) >= 11 is 0. The van der Waals surface area contributed by atoms with Crippen LogP contribution in [-0.2, 0) is 0 Å². The average Bonchev–Trinajstić information content (AvgIpc) is 2.02. The second-order valence-corrected chi connectivity index (χ2v) is 2.55. The average molecular weight is 160 g/mol. The molecule has 2 N–H and O–H groups in total. The number of carbonyl (C=O) groups is 1. The number of aliphatic hydroxyl groups excluding tert-OH is 1. The number of urea groups is 1. The van der Waals surface area contributed by atoms with Gasteiger partial charge in [0.2, 0.25) is 0 Å². The highest BCUT2D eigenvalue weighted by Crippen LogP contribution is 1.85. The Morgan fingerprint density at radius 2 is 2.27 bits per heavy atom. The van der Waals surface area contributed by atoms with E-state index < -0.39 is 0 Å². The second-order valence-electron chi connectivity index (χ2n) is 2.55. The molecule has 4 nitrogen and oxygen atoms in total. The van der Waals surface area contributed by atoms with Gasteiger partial charge in [0.25, 0.3) is 0 Å². The lowest BCUT2D eigenvalue weighted by atomic mass is 10.4. The van der Waals surface area contributed by atoms with Gasteiger partial charge in [0.05, 0.1) is 12.6 Å². The summed E-state index contributed by atoms with van der Waals surface area (Å²) in [4.78, 5) is 12.6. The maximum absolute atomic E-state index is 11.0. The van der Waals surface area contributed by atoms with Gasteiger partial charge in [-0.05, 0) is 13.8 Å². The molecule has 1 unspecified atom stereocenters. The van der Waals surface area contributed by atoms with Crippen molar-refractivity contribution in [2.45, 2.75) is 19.9 Å². The van der Waals surface area contributed by atoms with E-state index in [0.717, 1.165) is 0 Å². The van der Waals surface area contributed by atoms with Gasteiger partial charge < -0.3 is 15.3 Å². The molecular weight excluding hydrogens is 144 g/mol. The quantitative estimate of drug-likeness (QED) is 0.612. The van der Waals surface area contributed by atoms with Gasteiger partial charge in [-0.2, -0.15) is 0 Å². The van der Waals surface area contributed by atoms with Crippen LogP contribution in [0.1, 0.15) is 13.8 Å². The van der Waals surface area contributed by atoms with Crippen molar-refractivity contribution in [1.29, 1.82) is 0 Å². The number of nitrogens with zero attached hydrogens (tertiary/aromatic N) is 1. The molecule has 0 aliphatic carbocycles. The highest BCUT2D eigenvalue weighted by Gasteiger charge is 2.08. The minimum atomic E-state index is -0.170. The lowest BCUT2D eigenvalue weighted by Gasteiger charge is -2.18. The van der Waals surface area contributed by atoms with Crippen molar-refractivity contribution in [3.05, 3.63) is 0 Å². The van der Waals surface area contributed by atoms with Crippen molar-refractivity contribution in [2.75, 3.05) is 20.2 Å². The van der Waals surface area contributed by atoms with Crippen LogP contribution in [0.5, 0.6) is 0 Å². The molecule has 0 aromatic heterocycles. The summed E-state index contributed by atoms with van der Waals surface area (Å²) in [7, 11) is 1.71. The van der Waals surface area contributed by atoms with Gasteiger partial charge in [0.15, 0.2) is 0 Å². The largest absolute Gasteiger partial charge is 0.394 e. The molecule has 0 radical (unpaired) electrons. The van der Waals surface area contributed by atoms with E-state index in [0.29, 0.717) is 6.54 Å². The Labute approximate surface area is 67.2 Å². The summed E-state index contributed by atoms with van der Waals surface area (Å²) in [6.45, 7) is 4.29. The van der Waals surface area contributed by atoms with E-state index in [-0.39, 0.29) is 18.7 Å². The summed E-state index contributed by atoms with van der Waals surface area (Å²) in [5.41, 5.74) is 0. The van der Waals surface area contributed by atoms with Crippen molar-refractivity contribution < 1.29 is 9.90 Å². The third kappa shape index (κ3) is 3.83. The molecule has 0 rings (SSSR count). The molecule has 0 aromatic carbocycles. The first-order valence-electron chi connectivity index (χ1n) is 3.74. The Hall–Kier alpha value is -0.770. The zero-order chi connectivity index (χ0) is 8.85. The summed E-state index contributed by atoms with van der Waals surface area (Å²) in [5, 5.41) is 11.2. The first-order valence-corrected chi connectivity index (χ1v) is 3.74. The molecule has 0 aromatic rings. The Bertz CT molecular complexity index is 128. The van der Waals surface area contributed by atoms with Crippen LogP contribution in [0, 0.1) is 0 Å². The second kappa shape index (κ2) is 4.96. The van der Waals surface area contributed by atoms with E-state index in [1.807, 2.05) is 6.92 Å². The van der Waals surface area contributed by atoms with E-state index in [1.54, 1.807) is 18.9 Å². The summed E-state index contributed by atoms with van der Waals surface area (Å²) in [6.07, 6.45) is 0. The Kier molecular flexibility index (Phi) is 4.61. The van der Waals surface area contributed by atoms with Crippen LogP contribution >= 0.6 is 0 Å². The monoisotopic (exact) mass is 160 g/mol. The molecule has 66 valence electrons. The fourth-order valence-corrected chi connectivity index (χ4v) is 0.510. The van der Waals surface area contributed by atoms with Gasteiger partial charge in [-0.15, -0.1) is 0 Å². The van der Waals surface area contributed by atoms with Gasteiger partial charge in [-0.25, -0.2) is 4.79 Å². The van der Waals surface area contributed by atoms with Gasteiger partial charge in [0.1, 0.15) is 0 Å². The van der Waals surface area contributed by atoms with Crippen LogP contribution < -0.4 is 5.32 Å². The Balaban J connectivity index is 3.68. The maximum Gasteiger partial charge on any atom is 0.317 e. The topological polar surface area (TPSA) is 52.6 Å². The molecule has 0 aliphatic heterocycles. The van der Waals surface area contributed by atoms with Crippen LogP contribution in [0.2, 0.25) is 0 Å². The molecule has 0 bridgehead atoms. The smallest absolute Gasteiger partial charge is 0.317 e. The lowest BCUT2D eigenvalue weighted by Crippen LogP contribution is -2.43. The number of rotatable bonds is 3. The van der Waals surface area contributed by atoms with Crippen LogP contribution in [0.3, 0.4) is 0 Å². The highest BCUT2D eigenvalue weighted by atomic mass is 16.3. The van der Waals surface area contributed by atoms with Crippen LogP contribution in [-0.4, -0.2) is 42.3 Å². The van der Waals surface area contributed by atoms with E-state index in [2.05, 4.69) is 5.32 Å². The fourth-order valence-electron chi connectivity index (χ4n) is 0.510. The van der Waals surface area contributed by atoms with Gasteiger partial charge in [-0.3, -0.25) is 0 Å². The van der Waals surface area contributed by atoms with Crippen molar-refractivity contribution in [3.63, 3.8) is 0 Å². The first-order chi connectivity index (χ1) is 5.11.